The average molecular weight is 218 g/mol. The van der Waals surface area contributed by atoms with E-state index < -0.39 is 15.9 Å². The highest BCUT2D eigenvalue weighted by Crippen LogP contribution is 2.04. The van der Waals surface area contributed by atoms with E-state index in [1.165, 1.54) is 6.26 Å². The first-order valence-corrected chi connectivity index (χ1v) is 6.55. The Morgan fingerprint density at radius 1 is 1.43 bits per heavy atom. The van der Waals surface area contributed by atoms with E-state index in [0.717, 1.165) is 0 Å². The van der Waals surface area contributed by atoms with Crippen molar-refractivity contribution in [2.45, 2.75) is 38.8 Å². The molecule has 1 N–H and O–H groups in total. The Kier molecular flexibility index (Phi) is 4.56. The van der Waals surface area contributed by atoms with Crippen LogP contribution in [-0.4, -0.2) is 32.0 Å². The van der Waals surface area contributed by atoms with Gasteiger partial charge in [0.1, 0.15) is 9.84 Å². The summed E-state index contributed by atoms with van der Waals surface area (Å²) in [6, 6.07) is 1.66. The second-order valence-electron chi connectivity index (χ2n) is 4.49. The molecule has 0 bridgehead atoms. The van der Waals surface area contributed by atoms with Crippen LogP contribution in [0.25, 0.3) is 0 Å². The lowest BCUT2D eigenvalue weighted by Crippen LogP contribution is -2.43. The van der Waals surface area contributed by atoms with Gasteiger partial charge in [-0.05, 0) is 27.2 Å². The lowest BCUT2D eigenvalue weighted by atomic mass is 10.1. The van der Waals surface area contributed by atoms with Crippen molar-refractivity contribution >= 4 is 9.84 Å². The van der Waals surface area contributed by atoms with Crippen molar-refractivity contribution in [3.8, 4) is 6.07 Å². The van der Waals surface area contributed by atoms with Crippen LogP contribution in [0.1, 0.15) is 27.2 Å². The summed E-state index contributed by atoms with van der Waals surface area (Å²) in [5.74, 6) is 0.0499. The normalized spacial score (nSPS) is 14.8. The fraction of sp³-hybridized carbons (Fsp3) is 0.889. The summed E-state index contributed by atoms with van der Waals surface area (Å²) in [5.41, 5.74) is -0.169. The van der Waals surface area contributed by atoms with Crippen molar-refractivity contribution in [1.29, 1.82) is 5.26 Å². The second-order valence-corrected chi connectivity index (χ2v) is 6.75. The highest BCUT2D eigenvalue weighted by molar-refractivity contribution is 7.90. The van der Waals surface area contributed by atoms with Crippen molar-refractivity contribution < 1.29 is 8.42 Å². The Labute approximate surface area is 86.2 Å². The Morgan fingerprint density at radius 3 is 2.21 bits per heavy atom. The van der Waals surface area contributed by atoms with Crippen LogP contribution in [0.5, 0.6) is 0 Å². The predicted octanol–water partition coefficient (Wildman–Crippen LogP) is 0.701. The second kappa shape index (κ2) is 4.76. The molecule has 5 heteroatoms. The molecule has 0 aromatic rings. The van der Waals surface area contributed by atoms with E-state index in [1.807, 2.05) is 20.8 Å². The molecule has 0 heterocycles. The van der Waals surface area contributed by atoms with E-state index in [9.17, 15) is 8.42 Å². The van der Waals surface area contributed by atoms with Gasteiger partial charge in [-0.3, -0.25) is 5.32 Å². The smallest absolute Gasteiger partial charge is 0.147 e. The van der Waals surface area contributed by atoms with E-state index in [2.05, 4.69) is 11.4 Å². The summed E-state index contributed by atoms with van der Waals surface area (Å²) in [6.07, 6.45) is 1.52. The fourth-order valence-electron chi connectivity index (χ4n) is 1.02. The van der Waals surface area contributed by atoms with E-state index in [4.69, 9.17) is 5.26 Å². The maximum Gasteiger partial charge on any atom is 0.147 e. The van der Waals surface area contributed by atoms with Gasteiger partial charge in [-0.1, -0.05) is 0 Å². The van der Waals surface area contributed by atoms with Crippen LogP contribution in [-0.2, 0) is 9.84 Å². The zero-order chi connectivity index (χ0) is 11.4. The largest absolute Gasteiger partial charge is 0.297 e. The lowest BCUT2D eigenvalue weighted by Gasteiger charge is -2.24. The van der Waals surface area contributed by atoms with Crippen LogP contribution in [0.2, 0.25) is 0 Å². The fourth-order valence-corrected chi connectivity index (χ4v) is 1.69. The summed E-state index contributed by atoms with van der Waals surface area (Å²) < 4.78 is 21.8. The Balaban J connectivity index is 4.14. The first kappa shape index (κ1) is 13.4. The first-order chi connectivity index (χ1) is 6.14. The zero-order valence-electron chi connectivity index (χ0n) is 9.16. The summed E-state index contributed by atoms with van der Waals surface area (Å²) in [5, 5.41) is 11.8. The minimum atomic E-state index is -2.98. The van der Waals surface area contributed by atoms with Crippen molar-refractivity contribution in [2.24, 2.45) is 0 Å². The van der Waals surface area contributed by atoms with E-state index in [-0.39, 0.29) is 11.3 Å². The Hall–Kier alpha value is -0.600. The molecule has 0 amide bonds. The van der Waals surface area contributed by atoms with Gasteiger partial charge in [0.2, 0.25) is 0 Å². The van der Waals surface area contributed by atoms with E-state index in [0.29, 0.717) is 6.42 Å². The number of nitriles is 1. The van der Waals surface area contributed by atoms with Gasteiger partial charge in [0.15, 0.2) is 0 Å². The molecule has 1 atom stereocenters. The summed E-state index contributed by atoms with van der Waals surface area (Å²) >= 11 is 0. The molecule has 0 aliphatic heterocycles. The van der Waals surface area contributed by atoms with Gasteiger partial charge in [-0.2, -0.15) is 5.26 Å². The van der Waals surface area contributed by atoms with Gasteiger partial charge < -0.3 is 0 Å². The summed E-state index contributed by atoms with van der Waals surface area (Å²) in [7, 11) is -2.98. The zero-order valence-corrected chi connectivity index (χ0v) is 9.98. The number of sulfone groups is 1. The molecule has 14 heavy (non-hydrogen) atoms. The molecule has 82 valence electrons. The Bertz CT molecular complexity index is 309. The van der Waals surface area contributed by atoms with Crippen LogP contribution >= 0.6 is 0 Å². The molecule has 0 aromatic heterocycles. The standard InChI is InChI=1S/C9H18N2O2S/c1-9(2,3)11-8(7-10)5-6-14(4,12)13/h8,11H,5-6H2,1-4H3. The van der Waals surface area contributed by atoms with Crippen LogP contribution in [0.4, 0.5) is 0 Å². The summed E-state index contributed by atoms with van der Waals surface area (Å²) in [6.45, 7) is 5.83. The topological polar surface area (TPSA) is 70.0 Å². The number of hydrogen-bond acceptors (Lipinski definition) is 4. The van der Waals surface area contributed by atoms with Crippen LogP contribution in [0, 0.1) is 11.3 Å². The van der Waals surface area contributed by atoms with Crippen LogP contribution in [0.15, 0.2) is 0 Å². The first-order valence-electron chi connectivity index (χ1n) is 4.49. The van der Waals surface area contributed by atoms with Gasteiger partial charge in [0, 0.05) is 11.8 Å². The maximum atomic E-state index is 10.9. The van der Waals surface area contributed by atoms with E-state index in [1.54, 1.807) is 0 Å². The lowest BCUT2D eigenvalue weighted by molar-refractivity contribution is 0.390. The molecule has 0 aliphatic carbocycles. The molecule has 4 nitrogen and oxygen atoms in total. The van der Waals surface area contributed by atoms with Gasteiger partial charge in [0.25, 0.3) is 0 Å². The molecule has 0 aromatic carbocycles. The number of hydrogen-bond donors (Lipinski definition) is 1. The molecule has 0 aliphatic rings. The third-order valence-corrected chi connectivity index (χ3v) is 2.52. The molecule has 0 fully saturated rings. The molecule has 0 saturated heterocycles. The Morgan fingerprint density at radius 2 is 1.93 bits per heavy atom. The van der Waals surface area contributed by atoms with Crippen molar-refractivity contribution in [1.82, 2.24) is 5.32 Å². The number of nitrogens with zero attached hydrogens (tertiary/aromatic N) is 1. The van der Waals surface area contributed by atoms with Crippen molar-refractivity contribution in [2.75, 3.05) is 12.0 Å². The maximum absolute atomic E-state index is 10.9. The molecule has 0 saturated carbocycles. The van der Waals surface area contributed by atoms with Crippen LogP contribution < -0.4 is 5.32 Å². The van der Waals surface area contributed by atoms with Gasteiger partial charge in [0.05, 0.1) is 17.9 Å². The van der Waals surface area contributed by atoms with Crippen LogP contribution in [0.3, 0.4) is 0 Å². The molecular weight excluding hydrogens is 200 g/mol. The molecular formula is C9H18N2O2S. The van der Waals surface area contributed by atoms with Gasteiger partial charge >= 0.3 is 0 Å². The third-order valence-electron chi connectivity index (χ3n) is 1.54. The SMILES string of the molecule is CC(C)(C)NC(C#N)CCS(C)(=O)=O. The molecule has 0 spiro atoms. The highest BCUT2D eigenvalue weighted by Gasteiger charge is 2.17. The number of rotatable bonds is 4. The predicted molar refractivity (Wildman–Crippen MR) is 56.6 cm³/mol. The monoisotopic (exact) mass is 218 g/mol. The molecule has 1 unspecified atom stereocenters. The molecule has 0 radical (unpaired) electrons. The third kappa shape index (κ3) is 8.02. The van der Waals surface area contributed by atoms with Crippen molar-refractivity contribution in [3.63, 3.8) is 0 Å². The number of nitrogens with one attached hydrogen (secondary N) is 1. The van der Waals surface area contributed by atoms with Gasteiger partial charge in [-0.15, -0.1) is 0 Å². The average Bonchev–Trinajstić information content (AvgIpc) is 1.94. The summed E-state index contributed by atoms with van der Waals surface area (Å²) in [4.78, 5) is 0. The minimum Gasteiger partial charge on any atom is -0.297 e. The molecule has 0 rings (SSSR count). The van der Waals surface area contributed by atoms with Gasteiger partial charge in [-0.25, -0.2) is 8.42 Å². The van der Waals surface area contributed by atoms with Crippen molar-refractivity contribution in [3.05, 3.63) is 0 Å². The quantitative estimate of drug-likeness (QED) is 0.754. The minimum absolute atomic E-state index is 0.0499. The highest BCUT2D eigenvalue weighted by atomic mass is 32.2. The van der Waals surface area contributed by atoms with E-state index >= 15 is 0 Å².